The van der Waals surface area contributed by atoms with Crippen LogP contribution < -0.4 is 10.6 Å². The number of imide groups is 1. The maximum atomic E-state index is 11.4. The lowest BCUT2D eigenvalue weighted by Gasteiger charge is -2.06. The Hall–Kier alpha value is -1.32. The molecule has 0 atom stereocenters. The molecule has 0 saturated heterocycles. The van der Waals surface area contributed by atoms with Gasteiger partial charge in [-0.05, 0) is 13.3 Å². The molecule has 0 aromatic rings. The van der Waals surface area contributed by atoms with Gasteiger partial charge in [0.1, 0.15) is 0 Å². The molecule has 0 heterocycles. The van der Waals surface area contributed by atoms with Crippen LogP contribution in [0.5, 0.6) is 0 Å². The van der Waals surface area contributed by atoms with Crippen LogP contribution in [0.4, 0.5) is 4.79 Å². The molecule has 0 aliphatic carbocycles. The van der Waals surface area contributed by atoms with Crippen LogP contribution in [0.2, 0.25) is 0 Å². The van der Waals surface area contributed by atoms with Gasteiger partial charge in [0, 0.05) is 12.1 Å². The second-order valence-electron chi connectivity index (χ2n) is 7.79. The van der Waals surface area contributed by atoms with Crippen LogP contribution in [0.1, 0.15) is 117 Å². The smallest absolute Gasteiger partial charge is 0.321 e. The zero-order valence-corrected chi connectivity index (χ0v) is 18.0. The molecule has 0 radical (unpaired) electrons. The molecule has 0 unspecified atom stereocenters. The van der Waals surface area contributed by atoms with E-state index in [1.165, 1.54) is 89.9 Å². The summed E-state index contributed by atoms with van der Waals surface area (Å²) >= 11 is 0. The summed E-state index contributed by atoms with van der Waals surface area (Å²) in [5, 5.41) is 4.95. The molecule has 0 fully saturated rings. The van der Waals surface area contributed by atoms with Crippen molar-refractivity contribution in [2.45, 2.75) is 117 Å². The van der Waals surface area contributed by atoms with Crippen LogP contribution in [0.15, 0.2) is 12.2 Å². The number of hydrogen-bond acceptors (Lipinski definition) is 2. The molecule has 4 nitrogen and oxygen atoms in total. The first-order valence-electron chi connectivity index (χ1n) is 11.3. The van der Waals surface area contributed by atoms with Gasteiger partial charge in [0.25, 0.3) is 5.91 Å². The molecule has 27 heavy (non-hydrogen) atoms. The van der Waals surface area contributed by atoms with E-state index in [0.717, 1.165) is 12.8 Å². The van der Waals surface area contributed by atoms with Crippen molar-refractivity contribution in [2.75, 3.05) is 6.54 Å². The Morgan fingerprint density at radius 1 is 0.667 bits per heavy atom. The third-order valence-corrected chi connectivity index (χ3v) is 4.93. The van der Waals surface area contributed by atoms with Gasteiger partial charge in [-0.2, -0.15) is 0 Å². The van der Waals surface area contributed by atoms with E-state index in [4.69, 9.17) is 0 Å². The van der Waals surface area contributed by atoms with Gasteiger partial charge < -0.3 is 5.32 Å². The first kappa shape index (κ1) is 25.7. The fourth-order valence-electron chi connectivity index (χ4n) is 3.13. The predicted molar refractivity (Wildman–Crippen MR) is 116 cm³/mol. The van der Waals surface area contributed by atoms with Crippen molar-refractivity contribution in [1.29, 1.82) is 0 Å². The zero-order chi connectivity index (χ0) is 20.2. The number of carbonyl (C=O) groups excluding carboxylic acids is 2. The molecular formula is C23H44N2O2. The van der Waals surface area contributed by atoms with Gasteiger partial charge in [0.15, 0.2) is 0 Å². The third-order valence-electron chi connectivity index (χ3n) is 4.93. The summed E-state index contributed by atoms with van der Waals surface area (Å²) in [6.45, 7) is 7.97. The van der Waals surface area contributed by atoms with Crippen molar-refractivity contribution < 1.29 is 9.59 Å². The van der Waals surface area contributed by atoms with Crippen LogP contribution in [-0.4, -0.2) is 18.5 Å². The highest BCUT2D eigenvalue weighted by Crippen LogP contribution is 2.13. The fraction of sp³-hybridized carbons (Fsp3) is 0.826. The standard InChI is InChI=1S/C23H44N2O2/c1-4-5-6-7-8-9-10-11-12-13-14-15-16-17-18-19-20-24-23(27)25-22(26)21(2)3/h2,4-20H2,1,3H3,(H2,24,25,26,27). The van der Waals surface area contributed by atoms with E-state index >= 15 is 0 Å². The topological polar surface area (TPSA) is 58.2 Å². The van der Waals surface area contributed by atoms with Crippen LogP contribution in [0.25, 0.3) is 0 Å². The molecule has 4 heteroatoms. The van der Waals surface area contributed by atoms with Crippen molar-refractivity contribution >= 4 is 11.9 Å². The van der Waals surface area contributed by atoms with Crippen molar-refractivity contribution in [1.82, 2.24) is 10.6 Å². The van der Waals surface area contributed by atoms with E-state index in [1.54, 1.807) is 6.92 Å². The number of nitrogens with one attached hydrogen (secondary N) is 2. The van der Waals surface area contributed by atoms with E-state index in [0.29, 0.717) is 12.1 Å². The highest BCUT2D eigenvalue weighted by Gasteiger charge is 2.06. The average Bonchev–Trinajstić information content (AvgIpc) is 2.64. The van der Waals surface area contributed by atoms with Gasteiger partial charge in [0.2, 0.25) is 0 Å². The molecule has 0 aliphatic rings. The number of carbonyl (C=O) groups is 2. The van der Waals surface area contributed by atoms with Gasteiger partial charge in [-0.15, -0.1) is 0 Å². The van der Waals surface area contributed by atoms with Crippen LogP contribution in [-0.2, 0) is 4.79 Å². The summed E-state index contributed by atoms with van der Waals surface area (Å²) < 4.78 is 0. The molecule has 2 N–H and O–H groups in total. The van der Waals surface area contributed by atoms with Crippen molar-refractivity contribution in [3.63, 3.8) is 0 Å². The lowest BCUT2D eigenvalue weighted by molar-refractivity contribution is -0.116. The lowest BCUT2D eigenvalue weighted by atomic mass is 10.0. The van der Waals surface area contributed by atoms with Crippen LogP contribution >= 0.6 is 0 Å². The molecule has 3 amide bonds. The molecular weight excluding hydrogens is 336 g/mol. The second kappa shape index (κ2) is 19.4. The summed E-state index contributed by atoms with van der Waals surface area (Å²) in [7, 11) is 0. The molecule has 0 saturated carbocycles. The molecule has 0 aromatic heterocycles. The number of amides is 3. The largest absolute Gasteiger partial charge is 0.338 e. The Morgan fingerprint density at radius 3 is 1.41 bits per heavy atom. The van der Waals surface area contributed by atoms with Crippen molar-refractivity contribution in [3.05, 3.63) is 12.2 Å². The quantitative estimate of drug-likeness (QED) is 0.206. The average molecular weight is 381 g/mol. The van der Waals surface area contributed by atoms with Gasteiger partial charge in [0.05, 0.1) is 0 Å². The van der Waals surface area contributed by atoms with Gasteiger partial charge in [-0.1, -0.05) is 110 Å². The Bertz CT molecular complexity index is 394. The maximum absolute atomic E-state index is 11.4. The number of unbranched alkanes of at least 4 members (excludes halogenated alkanes) is 15. The number of rotatable bonds is 18. The minimum absolute atomic E-state index is 0.340. The normalized spacial score (nSPS) is 10.6. The highest BCUT2D eigenvalue weighted by atomic mass is 16.2. The predicted octanol–water partition coefficient (Wildman–Crippen LogP) is 6.65. The van der Waals surface area contributed by atoms with E-state index in [-0.39, 0.29) is 0 Å². The van der Waals surface area contributed by atoms with Crippen molar-refractivity contribution in [2.24, 2.45) is 0 Å². The summed E-state index contributed by atoms with van der Waals surface area (Å²) in [4.78, 5) is 22.7. The fourth-order valence-corrected chi connectivity index (χ4v) is 3.13. The summed E-state index contributed by atoms with van der Waals surface area (Å²) in [6, 6.07) is -0.427. The van der Waals surface area contributed by atoms with Crippen molar-refractivity contribution in [3.8, 4) is 0 Å². The van der Waals surface area contributed by atoms with E-state index in [1.807, 2.05) is 0 Å². The van der Waals surface area contributed by atoms with E-state index < -0.39 is 11.9 Å². The molecule has 0 bridgehead atoms. The molecule has 0 spiro atoms. The summed E-state index contributed by atoms with van der Waals surface area (Å²) in [5.74, 6) is -0.417. The second-order valence-corrected chi connectivity index (χ2v) is 7.79. The van der Waals surface area contributed by atoms with E-state index in [2.05, 4.69) is 24.1 Å². The van der Waals surface area contributed by atoms with Crippen LogP contribution in [0, 0.1) is 0 Å². The Kier molecular flexibility index (Phi) is 18.5. The summed E-state index contributed by atoms with van der Waals surface area (Å²) in [6.07, 6.45) is 21.4. The van der Waals surface area contributed by atoms with Gasteiger partial charge in [-0.25, -0.2) is 4.79 Å². The summed E-state index contributed by atoms with van der Waals surface area (Å²) in [5.41, 5.74) is 0.340. The molecule has 0 rings (SSSR count). The monoisotopic (exact) mass is 380 g/mol. The first-order valence-corrected chi connectivity index (χ1v) is 11.3. The molecule has 158 valence electrons. The van der Waals surface area contributed by atoms with Crippen LogP contribution in [0.3, 0.4) is 0 Å². The Morgan fingerprint density at radius 2 is 1.04 bits per heavy atom. The SMILES string of the molecule is C=C(C)C(=O)NC(=O)NCCCCCCCCCCCCCCCCCC. The molecule has 0 aliphatic heterocycles. The Labute approximate surface area is 168 Å². The Balaban J connectivity index is 3.18. The lowest BCUT2D eigenvalue weighted by Crippen LogP contribution is -2.40. The highest BCUT2D eigenvalue weighted by molar-refractivity contribution is 6.02. The van der Waals surface area contributed by atoms with E-state index in [9.17, 15) is 9.59 Å². The maximum Gasteiger partial charge on any atom is 0.321 e. The first-order chi connectivity index (χ1) is 13.1. The minimum atomic E-state index is -0.427. The number of urea groups is 1. The third kappa shape index (κ3) is 19.3. The minimum Gasteiger partial charge on any atom is -0.338 e. The number of hydrogen-bond donors (Lipinski definition) is 2. The molecule has 0 aromatic carbocycles. The zero-order valence-electron chi connectivity index (χ0n) is 18.0. The van der Waals surface area contributed by atoms with Gasteiger partial charge in [-0.3, -0.25) is 10.1 Å². The van der Waals surface area contributed by atoms with Gasteiger partial charge >= 0.3 is 6.03 Å².